The molecule has 86 valence electrons. The minimum atomic E-state index is -0.571. The Labute approximate surface area is 94.6 Å². The average Bonchev–Trinajstić information content (AvgIpc) is 2.93. The quantitative estimate of drug-likeness (QED) is 0.379. The van der Waals surface area contributed by atoms with Gasteiger partial charge in [0, 0.05) is 19.5 Å². The summed E-state index contributed by atoms with van der Waals surface area (Å²) in [6.45, 7) is 0.791. The molecule has 0 heterocycles. The first-order valence-corrected chi connectivity index (χ1v) is 5.62. The van der Waals surface area contributed by atoms with Crippen molar-refractivity contribution in [3.05, 3.63) is 0 Å². The zero-order valence-corrected chi connectivity index (χ0v) is 9.48. The van der Waals surface area contributed by atoms with Gasteiger partial charge in [-0.3, -0.25) is 4.79 Å². The summed E-state index contributed by atoms with van der Waals surface area (Å²) in [7, 11) is 0. The molecule has 1 saturated carbocycles. The second-order valence-electron chi connectivity index (χ2n) is 3.98. The van der Waals surface area contributed by atoms with Crippen molar-refractivity contribution < 1.29 is 9.59 Å². The highest BCUT2D eigenvalue weighted by Gasteiger charge is 2.42. The fourth-order valence-corrected chi connectivity index (χ4v) is 1.79. The first-order chi connectivity index (χ1) is 7.08. The summed E-state index contributed by atoms with van der Waals surface area (Å²) in [4.78, 5) is 21.7. The monoisotopic (exact) mass is 231 g/mol. The normalized spacial score (nSPS) is 16.9. The van der Waals surface area contributed by atoms with Gasteiger partial charge < -0.3 is 16.4 Å². The molecule has 0 aliphatic heterocycles. The maximum atomic E-state index is 11.4. The number of amides is 3. The maximum absolute atomic E-state index is 11.4. The third-order valence-electron chi connectivity index (χ3n) is 2.57. The van der Waals surface area contributed by atoms with Gasteiger partial charge in [0.2, 0.25) is 5.91 Å². The molecule has 15 heavy (non-hydrogen) atoms. The number of rotatable bonds is 6. The summed E-state index contributed by atoms with van der Waals surface area (Å²) < 4.78 is 0. The molecule has 4 N–H and O–H groups in total. The van der Waals surface area contributed by atoms with Gasteiger partial charge in [-0.05, 0) is 24.0 Å². The van der Waals surface area contributed by atoms with Crippen LogP contribution in [0.4, 0.5) is 4.79 Å². The van der Waals surface area contributed by atoms with E-state index in [1.165, 1.54) is 0 Å². The topological polar surface area (TPSA) is 84.2 Å². The average molecular weight is 231 g/mol. The zero-order valence-electron chi connectivity index (χ0n) is 8.58. The second kappa shape index (κ2) is 5.25. The molecule has 0 aromatic rings. The molecule has 0 atom stereocenters. The van der Waals surface area contributed by atoms with E-state index in [0.29, 0.717) is 19.5 Å². The lowest BCUT2D eigenvalue weighted by molar-refractivity contribution is -0.122. The molecular weight excluding hydrogens is 214 g/mol. The first kappa shape index (κ1) is 12.2. The molecule has 1 fully saturated rings. The number of carbonyl (C=O) groups is 2. The van der Waals surface area contributed by atoms with Crippen LogP contribution in [0.25, 0.3) is 0 Å². The Hall–Kier alpha value is -0.910. The predicted octanol–water partition coefficient (Wildman–Crippen LogP) is -0.129. The number of hydrogen-bond acceptors (Lipinski definition) is 3. The molecule has 0 unspecified atom stereocenters. The largest absolute Gasteiger partial charge is 0.354 e. The molecule has 0 aromatic carbocycles. The van der Waals surface area contributed by atoms with Crippen molar-refractivity contribution in [2.24, 2.45) is 11.1 Å². The molecule has 0 aromatic heterocycles. The highest BCUT2D eigenvalue weighted by Crippen LogP contribution is 2.49. The van der Waals surface area contributed by atoms with Crippen LogP contribution in [-0.4, -0.2) is 30.8 Å². The summed E-state index contributed by atoms with van der Waals surface area (Å²) in [6, 6.07) is -0.571. The number of nitrogens with two attached hydrogens (primary N) is 1. The highest BCUT2D eigenvalue weighted by atomic mass is 32.1. The summed E-state index contributed by atoms with van der Waals surface area (Å²) in [5.74, 6) is 0.785. The van der Waals surface area contributed by atoms with Gasteiger partial charge in [-0.1, -0.05) is 0 Å². The Balaban J connectivity index is 2.06. The molecule has 0 radical (unpaired) electrons. The predicted molar refractivity (Wildman–Crippen MR) is 60.7 cm³/mol. The fourth-order valence-electron chi connectivity index (χ4n) is 1.36. The van der Waals surface area contributed by atoms with E-state index in [0.717, 1.165) is 18.6 Å². The third-order valence-corrected chi connectivity index (χ3v) is 3.25. The summed E-state index contributed by atoms with van der Waals surface area (Å²) in [5.41, 5.74) is 5.01. The van der Waals surface area contributed by atoms with Crippen molar-refractivity contribution >= 4 is 24.6 Å². The fraction of sp³-hybridized carbons (Fsp3) is 0.778. The van der Waals surface area contributed by atoms with Gasteiger partial charge in [0.05, 0.1) is 0 Å². The second-order valence-corrected chi connectivity index (χ2v) is 4.29. The molecule has 0 spiro atoms. The Bertz CT molecular complexity index is 254. The van der Waals surface area contributed by atoms with E-state index < -0.39 is 6.03 Å². The Morgan fingerprint density at radius 1 is 1.27 bits per heavy atom. The summed E-state index contributed by atoms with van der Waals surface area (Å²) in [6.07, 6.45) is 2.71. The van der Waals surface area contributed by atoms with Crippen molar-refractivity contribution in [2.45, 2.75) is 19.3 Å². The molecular formula is C9H17N3O2S. The van der Waals surface area contributed by atoms with Crippen molar-refractivity contribution in [3.8, 4) is 0 Å². The van der Waals surface area contributed by atoms with Crippen LogP contribution in [-0.2, 0) is 4.79 Å². The minimum Gasteiger partial charge on any atom is -0.354 e. The number of primary amides is 1. The van der Waals surface area contributed by atoms with E-state index >= 15 is 0 Å². The molecule has 3 amide bonds. The van der Waals surface area contributed by atoms with Crippen molar-refractivity contribution in [3.63, 3.8) is 0 Å². The SMILES string of the molecule is NC(=O)NCCNC(=O)CC1(CS)CC1. The van der Waals surface area contributed by atoms with Gasteiger partial charge in [0.15, 0.2) is 0 Å². The van der Waals surface area contributed by atoms with Gasteiger partial charge in [-0.25, -0.2) is 4.79 Å². The molecule has 0 saturated heterocycles. The summed E-state index contributed by atoms with van der Waals surface area (Å²) >= 11 is 4.22. The van der Waals surface area contributed by atoms with Crippen LogP contribution >= 0.6 is 12.6 Å². The van der Waals surface area contributed by atoms with E-state index in [9.17, 15) is 9.59 Å². The first-order valence-electron chi connectivity index (χ1n) is 4.99. The highest BCUT2D eigenvalue weighted by molar-refractivity contribution is 7.80. The van der Waals surface area contributed by atoms with Gasteiger partial charge in [-0.2, -0.15) is 12.6 Å². The van der Waals surface area contributed by atoms with Crippen LogP contribution in [0, 0.1) is 5.41 Å². The maximum Gasteiger partial charge on any atom is 0.312 e. The third kappa shape index (κ3) is 4.42. The van der Waals surface area contributed by atoms with Crippen LogP contribution in [0.15, 0.2) is 0 Å². The Morgan fingerprint density at radius 2 is 1.87 bits per heavy atom. The van der Waals surface area contributed by atoms with Crippen LogP contribution < -0.4 is 16.4 Å². The molecule has 1 aliphatic rings. The van der Waals surface area contributed by atoms with Crippen LogP contribution in [0.1, 0.15) is 19.3 Å². The molecule has 6 heteroatoms. The van der Waals surface area contributed by atoms with E-state index in [1.54, 1.807) is 0 Å². The number of urea groups is 1. The van der Waals surface area contributed by atoms with Gasteiger partial charge in [-0.15, -0.1) is 0 Å². The minimum absolute atomic E-state index is 0.0211. The lowest BCUT2D eigenvalue weighted by Gasteiger charge is -2.11. The summed E-state index contributed by atoms with van der Waals surface area (Å²) in [5, 5.41) is 5.13. The van der Waals surface area contributed by atoms with Crippen LogP contribution in [0.3, 0.4) is 0 Å². The number of nitrogens with one attached hydrogen (secondary N) is 2. The molecule has 1 aliphatic carbocycles. The van der Waals surface area contributed by atoms with Crippen molar-refractivity contribution in [1.29, 1.82) is 0 Å². The lowest BCUT2D eigenvalue weighted by Crippen LogP contribution is -2.37. The van der Waals surface area contributed by atoms with E-state index in [1.807, 2.05) is 0 Å². The van der Waals surface area contributed by atoms with Crippen LogP contribution in [0.5, 0.6) is 0 Å². The Morgan fingerprint density at radius 3 is 2.33 bits per heavy atom. The standard InChI is InChI=1S/C9H17N3O2S/c10-8(14)12-4-3-11-7(13)5-9(6-15)1-2-9/h15H,1-6H2,(H,11,13)(H3,10,12,14). The molecule has 5 nitrogen and oxygen atoms in total. The number of thiol groups is 1. The van der Waals surface area contributed by atoms with Crippen molar-refractivity contribution in [2.75, 3.05) is 18.8 Å². The number of carbonyl (C=O) groups excluding carboxylic acids is 2. The molecule has 0 bridgehead atoms. The lowest BCUT2D eigenvalue weighted by atomic mass is 10.1. The van der Waals surface area contributed by atoms with E-state index in [-0.39, 0.29) is 11.3 Å². The van der Waals surface area contributed by atoms with Crippen LogP contribution in [0.2, 0.25) is 0 Å². The van der Waals surface area contributed by atoms with Gasteiger partial charge >= 0.3 is 6.03 Å². The van der Waals surface area contributed by atoms with E-state index in [2.05, 4.69) is 23.3 Å². The molecule has 1 rings (SSSR count). The van der Waals surface area contributed by atoms with Gasteiger partial charge in [0.25, 0.3) is 0 Å². The number of hydrogen-bond donors (Lipinski definition) is 4. The Kier molecular flexibility index (Phi) is 4.26. The zero-order chi connectivity index (χ0) is 11.3. The van der Waals surface area contributed by atoms with Gasteiger partial charge in [0.1, 0.15) is 0 Å². The van der Waals surface area contributed by atoms with Crippen molar-refractivity contribution in [1.82, 2.24) is 10.6 Å². The smallest absolute Gasteiger partial charge is 0.312 e. The van der Waals surface area contributed by atoms with E-state index in [4.69, 9.17) is 5.73 Å².